The molecule has 4 rings (SSSR count). The highest BCUT2D eigenvalue weighted by molar-refractivity contribution is 5.83. The number of nitrogens with one attached hydrogen (secondary N) is 1. The van der Waals surface area contributed by atoms with Crippen LogP contribution in [-0.4, -0.2) is 44.6 Å². The lowest BCUT2D eigenvalue weighted by Gasteiger charge is -2.25. The quantitative estimate of drug-likeness (QED) is 0.610. The van der Waals surface area contributed by atoms with Crippen molar-refractivity contribution in [2.75, 3.05) is 33.4 Å². The number of likely N-dealkylation sites (tertiary alicyclic amines) is 1. The predicted octanol–water partition coefficient (Wildman–Crippen LogP) is 2.59. The number of aliphatic hydroxyl groups excluding tert-OH is 1. The Hall–Kier alpha value is -2.83. The fourth-order valence-electron chi connectivity index (χ4n) is 4.31. The molecule has 2 N–H and O–H groups in total. The molecule has 164 valence electrons. The zero-order valence-electron chi connectivity index (χ0n) is 18.1. The van der Waals surface area contributed by atoms with Crippen molar-refractivity contribution in [1.82, 2.24) is 0 Å². The Morgan fingerprint density at radius 3 is 2.48 bits per heavy atom. The average molecular weight is 425 g/mol. The van der Waals surface area contributed by atoms with Gasteiger partial charge in [-0.1, -0.05) is 12.1 Å². The summed E-state index contributed by atoms with van der Waals surface area (Å²) in [4.78, 5) is 14.6. The third-order valence-corrected chi connectivity index (χ3v) is 5.95. The van der Waals surface area contributed by atoms with E-state index in [0.29, 0.717) is 34.6 Å². The van der Waals surface area contributed by atoms with E-state index in [1.165, 1.54) is 24.2 Å². The highest BCUT2D eigenvalue weighted by Gasteiger charge is 2.19. The summed E-state index contributed by atoms with van der Waals surface area (Å²) in [6.45, 7) is 4.95. The molecule has 1 saturated heterocycles. The second-order valence-corrected chi connectivity index (χ2v) is 8.23. The summed E-state index contributed by atoms with van der Waals surface area (Å²) in [5.41, 5.74) is 1.74. The van der Waals surface area contributed by atoms with Crippen LogP contribution in [0.2, 0.25) is 0 Å². The van der Waals surface area contributed by atoms with Crippen molar-refractivity contribution in [3.8, 4) is 22.6 Å². The number of rotatable bonds is 7. The Balaban J connectivity index is 1.50. The van der Waals surface area contributed by atoms with E-state index in [1.807, 2.05) is 24.3 Å². The van der Waals surface area contributed by atoms with Crippen molar-refractivity contribution in [2.45, 2.75) is 32.3 Å². The van der Waals surface area contributed by atoms with Gasteiger partial charge in [0, 0.05) is 6.07 Å². The molecule has 3 aromatic rings. The number of ether oxygens (including phenoxy) is 2. The summed E-state index contributed by atoms with van der Waals surface area (Å²) in [6, 6.07) is 12.6. The van der Waals surface area contributed by atoms with Gasteiger partial charge in [-0.15, -0.1) is 0 Å². The summed E-state index contributed by atoms with van der Waals surface area (Å²) in [6.07, 6.45) is 3.22. The maximum atomic E-state index is 13.1. The van der Waals surface area contributed by atoms with Crippen molar-refractivity contribution in [2.24, 2.45) is 0 Å². The number of aliphatic hydroxyl groups is 1. The Morgan fingerprint density at radius 2 is 1.77 bits per heavy atom. The van der Waals surface area contributed by atoms with Crippen LogP contribution in [0.4, 0.5) is 0 Å². The highest BCUT2D eigenvalue weighted by Crippen LogP contribution is 2.27. The second-order valence-electron chi connectivity index (χ2n) is 8.23. The van der Waals surface area contributed by atoms with E-state index in [2.05, 4.69) is 0 Å². The van der Waals surface area contributed by atoms with Gasteiger partial charge >= 0.3 is 0 Å². The molecule has 1 aromatic heterocycles. The molecule has 0 spiro atoms. The van der Waals surface area contributed by atoms with Crippen LogP contribution < -0.4 is 19.8 Å². The fraction of sp³-hybridized carbons (Fsp3) is 0.400. The molecular formula is C25H30NO5+. The van der Waals surface area contributed by atoms with Crippen molar-refractivity contribution in [3.05, 3.63) is 58.4 Å². The standard InChI is InChI=1S/C25H29NO5/c1-17-24(18-6-8-20(29-2)9-7-18)25(28)22-11-10-21(14-23(22)31-17)30-16-19(27)15-26-12-4-3-5-13-26/h6-11,14,19,27H,3-5,12-13,15-16H2,1-2H3/p+1/t19-/m0/s1. The fourth-order valence-corrected chi connectivity index (χ4v) is 4.31. The molecule has 0 amide bonds. The average Bonchev–Trinajstić information content (AvgIpc) is 2.78. The van der Waals surface area contributed by atoms with Gasteiger partial charge in [-0.05, 0) is 56.0 Å². The third-order valence-electron chi connectivity index (χ3n) is 5.95. The van der Waals surface area contributed by atoms with Gasteiger partial charge < -0.3 is 23.9 Å². The number of methoxy groups -OCH3 is 1. The molecule has 0 saturated carbocycles. The topological polar surface area (TPSA) is 73.3 Å². The molecule has 2 heterocycles. The van der Waals surface area contributed by atoms with E-state index < -0.39 is 6.10 Å². The zero-order valence-corrected chi connectivity index (χ0v) is 18.1. The normalized spacial score (nSPS) is 15.7. The molecule has 6 nitrogen and oxygen atoms in total. The van der Waals surface area contributed by atoms with Gasteiger partial charge in [0.15, 0.2) is 0 Å². The SMILES string of the molecule is COc1ccc(-c2c(C)oc3cc(OC[C@@H](O)C[NH+]4CCCCC4)ccc3c2=O)cc1. The molecule has 2 aromatic carbocycles. The first-order valence-electron chi connectivity index (χ1n) is 10.9. The number of hydrogen-bond donors (Lipinski definition) is 2. The minimum absolute atomic E-state index is 0.0794. The molecule has 0 bridgehead atoms. The number of hydrogen-bond acceptors (Lipinski definition) is 5. The van der Waals surface area contributed by atoms with Crippen LogP contribution in [0, 0.1) is 6.92 Å². The summed E-state index contributed by atoms with van der Waals surface area (Å²) >= 11 is 0. The van der Waals surface area contributed by atoms with Gasteiger partial charge in [0.1, 0.15) is 42.1 Å². The van der Waals surface area contributed by atoms with E-state index in [4.69, 9.17) is 13.9 Å². The van der Waals surface area contributed by atoms with Gasteiger partial charge in [0.25, 0.3) is 0 Å². The predicted molar refractivity (Wildman–Crippen MR) is 120 cm³/mol. The first-order valence-corrected chi connectivity index (χ1v) is 10.9. The van der Waals surface area contributed by atoms with E-state index in [9.17, 15) is 9.90 Å². The third kappa shape index (κ3) is 4.92. The van der Waals surface area contributed by atoms with Crippen molar-refractivity contribution >= 4 is 11.0 Å². The molecular weight excluding hydrogens is 394 g/mol. The van der Waals surface area contributed by atoms with Crippen molar-refractivity contribution < 1.29 is 23.9 Å². The molecule has 6 heteroatoms. The molecule has 1 fully saturated rings. The summed E-state index contributed by atoms with van der Waals surface area (Å²) in [5, 5.41) is 10.8. The molecule has 1 aliphatic heterocycles. The summed E-state index contributed by atoms with van der Waals surface area (Å²) in [7, 11) is 1.61. The van der Waals surface area contributed by atoms with Crippen molar-refractivity contribution in [3.63, 3.8) is 0 Å². The molecule has 31 heavy (non-hydrogen) atoms. The Bertz CT molecular complexity index is 1080. The molecule has 0 radical (unpaired) electrons. The molecule has 0 unspecified atom stereocenters. The van der Waals surface area contributed by atoms with Crippen LogP contribution in [0.3, 0.4) is 0 Å². The highest BCUT2D eigenvalue weighted by atomic mass is 16.5. The van der Waals surface area contributed by atoms with Crippen LogP contribution in [0.25, 0.3) is 22.1 Å². The van der Waals surface area contributed by atoms with Gasteiger partial charge in [-0.3, -0.25) is 4.79 Å². The summed E-state index contributed by atoms with van der Waals surface area (Å²) in [5.74, 6) is 1.87. The van der Waals surface area contributed by atoms with Crippen molar-refractivity contribution in [1.29, 1.82) is 0 Å². The molecule has 0 aliphatic carbocycles. The minimum Gasteiger partial charge on any atom is -0.497 e. The van der Waals surface area contributed by atoms with E-state index in [1.54, 1.807) is 32.2 Å². The van der Waals surface area contributed by atoms with Gasteiger partial charge in [-0.2, -0.15) is 0 Å². The van der Waals surface area contributed by atoms with Crippen LogP contribution in [0.15, 0.2) is 51.7 Å². The number of fused-ring (bicyclic) bond motifs is 1. The van der Waals surface area contributed by atoms with Crippen LogP contribution >= 0.6 is 0 Å². The van der Waals surface area contributed by atoms with Gasteiger partial charge in [-0.25, -0.2) is 0 Å². The number of benzene rings is 2. The summed E-state index contributed by atoms with van der Waals surface area (Å²) < 4.78 is 17.0. The maximum Gasteiger partial charge on any atom is 0.200 e. The zero-order chi connectivity index (χ0) is 21.8. The first kappa shape index (κ1) is 21.4. The second kappa shape index (κ2) is 9.54. The molecule has 1 aliphatic rings. The van der Waals surface area contributed by atoms with E-state index in [-0.39, 0.29) is 12.0 Å². The number of quaternary nitrogens is 1. The van der Waals surface area contributed by atoms with Crippen LogP contribution in [0.5, 0.6) is 11.5 Å². The first-order chi connectivity index (χ1) is 15.0. The lowest BCUT2D eigenvalue weighted by atomic mass is 10.0. The Kier molecular flexibility index (Phi) is 6.59. The monoisotopic (exact) mass is 424 g/mol. The number of piperidine rings is 1. The Labute approximate surface area is 182 Å². The van der Waals surface area contributed by atoms with Crippen LogP contribution in [-0.2, 0) is 0 Å². The smallest absolute Gasteiger partial charge is 0.200 e. The lowest BCUT2D eigenvalue weighted by Crippen LogP contribution is -3.14. The minimum atomic E-state index is -0.519. The van der Waals surface area contributed by atoms with E-state index in [0.717, 1.165) is 24.4 Å². The van der Waals surface area contributed by atoms with Crippen LogP contribution in [0.1, 0.15) is 25.0 Å². The maximum absolute atomic E-state index is 13.1. The van der Waals surface area contributed by atoms with Gasteiger partial charge in [0.2, 0.25) is 5.43 Å². The van der Waals surface area contributed by atoms with Gasteiger partial charge in [0.05, 0.1) is 31.1 Å². The number of aryl methyl sites for hydroxylation is 1. The molecule has 1 atom stereocenters. The Morgan fingerprint density at radius 1 is 1.06 bits per heavy atom. The largest absolute Gasteiger partial charge is 0.497 e. The van der Waals surface area contributed by atoms with E-state index >= 15 is 0 Å². The lowest BCUT2D eigenvalue weighted by molar-refractivity contribution is -0.908.